The highest BCUT2D eigenvalue weighted by atomic mass is 15.5. The molecule has 2 saturated heterocycles. The van der Waals surface area contributed by atoms with Gasteiger partial charge in [-0.1, -0.05) is 6.42 Å². The van der Waals surface area contributed by atoms with Crippen LogP contribution in [0.3, 0.4) is 0 Å². The fraction of sp³-hybridized carbons (Fsp3) is 1.00. The van der Waals surface area contributed by atoms with E-state index in [-0.39, 0.29) is 0 Å². The van der Waals surface area contributed by atoms with Gasteiger partial charge in [-0.3, -0.25) is 5.43 Å². The minimum atomic E-state index is 0.997. The van der Waals surface area contributed by atoms with Gasteiger partial charge < -0.3 is 0 Å². The molecule has 2 unspecified atom stereocenters. The molecule has 0 amide bonds. The summed E-state index contributed by atoms with van der Waals surface area (Å²) in [7, 11) is 0. The molecule has 2 heterocycles. The summed E-state index contributed by atoms with van der Waals surface area (Å²) in [5.74, 6) is 0.997. The number of nitrogens with one attached hydrogen (secondary N) is 1. The van der Waals surface area contributed by atoms with Crippen molar-refractivity contribution >= 4 is 0 Å². The molecule has 2 rings (SSSR count). The average Bonchev–Trinajstić information content (AvgIpc) is 2.02. The van der Waals surface area contributed by atoms with Crippen LogP contribution in [0.4, 0.5) is 0 Å². The SMILES string of the molecule is C1CCC2CCCN(C2)NC1. The van der Waals surface area contributed by atoms with Gasteiger partial charge in [-0.15, -0.1) is 0 Å². The first-order valence-electron chi connectivity index (χ1n) is 4.93. The van der Waals surface area contributed by atoms with Crippen LogP contribution in [0.15, 0.2) is 0 Å². The van der Waals surface area contributed by atoms with Crippen LogP contribution >= 0.6 is 0 Å². The van der Waals surface area contributed by atoms with Gasteiger partial charge in [0.2, 0.25) is 0 Å². The third kappa shape index (κ3) is 1.94. The Balaban J connectivity index is 1.90. The Morgan fingerprint density at radius 1 is 1.09 bits per heavy atom. The first-order chi connectivity index (χ1) is 5.45. The lowest BCUT2D eigenvalue weighted by Crippen LogP contribution is -2.46. The summed E-state index contributed by atoms with van der Waals surface area (Å²) in [5.41, 5.74) is 3.49. The number of hydrogen-bond acceptors (Lipinski definition) is 2. The van der Waals surface area contributed by atoms with Crippen LogP contribution in [0.1, 0.15) is 32.1 Å². The summed E-state index contributed by atoms with van der Waals surface area (Å²) < 4.78 is 0. The zero-order chi connectivity index (χ0) is 7.52. The van der Waals surface area contributed by atoms with Crippen LogP contribution in [0.2, 0.25) is 0 Å². The Hall–Kier alpha value is -0.0800. The quantitative estimate of drug-likeness (QED) is 0.567. The standard InChI is InChI=1S/C9H18N2/c1-2-6-10-11-7-3-5-9(4-1)8-11/h9-10H,1-8H2. The number of hydrogen-bond donors (Lipinski definition) is 1. The second-order valence-electron chi connectivity index (χ2n) is 3.86. The first kappa shape index (κ1) is 7.56. The fourth-order valence-corrected chi connectivity index (χ4v) is 2.24. The maximum atomic E-state index is 3.49. The van der Waals surface area contributed by atoms with Gasteiger partial charge in [-0.05, 0) is 31.6 Å². The Kier molecular flexibility index (Phi) is 2.44. The van der Waals surface area contributed by atoms with Gasteiger partial charge in [0.25, 0.3) is 0 Å². The Morgan fingerprint density at radius 2 is 2.00 bits per heavy atom. The van der Waals surface area contributed by atoms with Gasteiger partial charge >= 0.3 is 0 Å². The van der Waals surface area contributed by atoms with Crippen molar-refractivity contribution in [2.45, 2.75) is 32.1 Å². The molecule has 0 aromatic heterocycles. The van der Waals surface area contributed by atoms with Crippen molar-refractivity contribution < 1.29 is 0 Å². The zero-order valence-corrected chi connectivity index (χ0v) is 7.18. The lowest BCUT2D eigenvalue weighted by molar-refractivity contribution is 0.0969. The van der Waals surface area contributed by atoms with Crippen molar-refractivity contribution in [3.05, 3.63) is 0 Å². The molecule has 0 spiro atoms. The molecule has 2 atom stereocenters. The van der Waals surface area contributed by atoms with Crippen LogP contribution in [0, 0.1) is 5.92 Å². The van der Waals surface area contributed by atoms with E-state index < -0.39 is 0 Å². The molecule has 1 N–H and O–H groups in total. The number of hydrazine groups is 1. The van der Waals surface area contributed by atoms with E-state index >= 15 is 0 Å². The molecule has 2 fully saturated rings. The molecule has 2 aliphatic rings. The molecular weight excluding hydrogens is 136 g/mol. The Morgan fingerprint density at radius 3 is 3.00 bits per heavy atom. The van der Waals surface area contributed by atoms with Crippen molar-refractivity contribution in [3.8, 4) is 0 Å². The summed E-state index contributed by atoms with van der Waals surface area (Å²) in [6, 6.07) is 0. The van der Waals surface area contributed by atoms with Crippen LogP contribution in [-0.4, -0.2) is 24.6 Å². The fourth-order valence-electron chi connectivity index (χ4n) is 2.24. The van der Waals surface area contributed by atoms with E-state index in [9.17, 15) is 0 Å². The van der Waals surface area contributed by atoms with Crippen LogP contribution in [0.25, 0.3) is 0 Å². The topological polar surface area (TPSA) is 15.3 Å². The number of piperidine rings is 1. The Bertz CT molecular complexity index is 113. The first-order valence-corrected chi connectivity index (χ1v) is 4.93. The van der Waals surface area contributed by atoms with E-state index in [1.54, 1.807) is 0 Å². The molecule has 0 aliphatic carbocycles. The van der Waals surface area contributed by atoms with Crippen molar-refractivity contribution in [1.82, 2.24) is 10.4 Å². The summed E-state index contributed by atoms with van der Waals surface area (Å²) in [5, 5.41) is 2.42. The maximum Gasteiger partial charge on any atom is 0.0159 e. The minimum absolute atomic E-state index is 0.997. The molecule has 0 radical (unpaired) electrons. The number of rotatable bonds is 0. The second-order valence-corrected chi connectivity index (χ2v) is 3.86. The van der Waals surface area contributed by atoms with Crippen LogP contribution < -0.4 is 5.43 Å². The van der Waals surface area contributed by atoms with E-state index in [0.29, 0.717) is 0 Å². The van der Waals surface area contributed by atoms with Gasteiger partial charge in [-0.2, -0.15) is 0 Å². The lowest BCUT2D eigenvalue weighted by atomic mass is 9.93. The molecule has 2 aliphatic heterocycles. The van der Waals surface area contributed by atoms with Gasteiger partial charge in [0.1, 0.15) is 0 Å². The molecule has 11 heavy (non-hydrogen) atoms. The molecule has 0 saturated carbocycles. The number of nitrogens with zero attached hydrogens (tertiary/aromatic N) is 1. The van der Waals surface area contributed by atoms with Crippen molar-refractivity contribution in [3.63, 3.8) is 0 Å². The monoisotopic (exact) mass is 154 g/mol. The van der Waals surface area contributed by atoms with E-state index in [0.717, 1.165) is 5.92 Å². The van der Waals surface area contributed by atoms with Crippen molar-refractivity contribution in [1.29, 1.82) is 0 Å². The molecule has 2 bridgehead atoms. The molecule has 2 heteroatoms. The number of fused-ring (bicyclic) bond motifs is 2. The van der Waals surface area contributed by atoms with Gasteiger partial charge in [-0.25, -0.2) is 5.01 Å². The highest BCUT2D eigenvalue weighted by Gasteiger charge is 2.20. The molecular formula is C9H18N2. The van der Waals surface area contributed by atoms with E-state index in [1.165, 1.54) is 51.7 Å². The largest absolute Gasteiger partial charge is 0.255 e. The smallest absolute Gasteiger partial charge is 0.0159 e. The van der Waals surface area contributed by atoms with Crippen molar-refractivity contribution in [2.24, 2.45) is 5.92 Å². The predicted molar refractivity (Wildman–Crippen MR) is 46.2 cm³/mol. The summed E-state index contributed by atoms with van der Waals surface area (Å²) in [6.45, 7) is 3.78. The second kappa shape index (κ2) is 3.55. The highest BCUT2D eigenvalue weighted by Crippen LogP contribution is 2.21. The van der Waals surface area contributed by atoms with Crippen LogP contribution in [-0.2, 0) is 0 Å². The third-order valence-electron chi connectivity index (χ3n) is 2.89. The normalized spacial score (nSPS) is 39.3. The molecule has 2 nitrogen and oxygen atoms in total. The van der Waals surface area contributed by atoms with E-state index in [1.807, 2.05) is 0 Å². The van der Waals surface area contributed by atoms with Crippen LogP contribution in [0.5, 0.6) is 0 Å². The zero-order valence-electron chi connectivity index (χ0n) is 7.18. The Labute approximate surface area is 68.9 Å². The average molecular weight is 154 g/mol. The lowest BCUT2D eigenvalue weighted by Gasteiger charge is -2.35. The highest BCUT2D eigenvalue weighted by molar-refractivity contribution is 4.72. The van der Waals surface area contributed by atoms with Gasteiger partial charge in [0, 0.05) is 19.6 Å². The third-order valence-corrected chi connectivity index (χ3v) is 2.89. The van der Waals surface area contributed by atoms with Gasteiger partial charge in [0.05, 0.1) is 0 Å². The summed E-state index contributed by atoms with van der Waals surface area (Å²) in [4.78, 5) is 0. The predicted octanol–water partition coefficient (Wildman–Crippen LogP) is 1.39. The molecule has 0 aromatic carbocycles. The summed E-state index contributed by atoms with van der Waals surface area (Å²) >= 11 is 0. The van der Waals surface area contributed by atoms with Gasteiger partial charge in [0.15, 0.2) is 0 Å². The molecule has 0 aromatic rings. The van der Waals surface area contributed by atoms with E-state index in [4.69, 9.17) is 0 Å². The molecule has 64 valence electrons. The minimum Gasteiger partial charge on any atom is -0.255 e. The van der Waals surface area contributed by atoms with Crippen molar-refractivity contribution in [2.75, 3.05) is 19.6 Å². The summed E-state index contributed by atoms with van der Waals surface area (Å²) in [6.07, 6.45) is 7.15. The van der Waals surface area contributed by atoms with E-state index in [2.05, 4.69) is 10.4 Å². The maximum absolute atomic E-state index is 3.49.